The fourth-order valence-electron chi connectivity index (χ4n) is 0.962. The smallest absolute Gasteiger partial charge is 0.00399 e. The second kappa shape index (κ2) is 10.3. The SMILES string of the molecule is CC.Cc1ccccc1.Sc1ccccc1. The van der Waals surface area contributed by atoms with Crippen molar-refractivity contribution in [2.45, 2.75) is 25.7 Å². The summed E-state index contributed by atoms with van der Waals surface area (Å²) in [6, 6.07) is 20.0. The first-order chi connectivity index (χ1) is 7.79. The normalized spacial score (nSPS) is 8.00. The van der Waals surface area contributed by atoms with Gasteiger partial charge in [0.2, 0.25) is 0 Å². The van der Waals surface area contributed by atoms with Crippen LogP contribution in [0.4, 0.5) is 0 Å². The van der Waals surface area contributed by atoms with Gasteiger partial charge >= 0.3 is 0 Å². The minimum Gasteiger partial charge on any atom is -0.143 e. The van der Waals surface area contributed by atoms with Crippen LogP contribution < -0.4 is 0 Å². The molecule has 0 aliphatic carbocycles. The summed E-state index contributed by atoms with van der Waals surface area (Å²) in [5, 5.41) is 0. The molecule has 0 heterocycles. The molecule has 0 saturated carbocycles. The Morgan fingerprint density at radius 2 is 1.06 bits per heavy atom. The summed E-state index contributed by atoms with van der Waals surface area (Å²) in [7, 11) is 0. The fourth-order valence-corrected chi connectivity index (χ4v) is 1.13. The first-order valence-corrected chi connectivity index (χ1v) is 5.99. The Labute approximate surface area is 105 Å². The Morgan fingerprint density at radius 1 is 0.688 bits per heavy atom. The number of benzene rings is 2. The van der Waals surface area contributed by atoms with E-state index in [2.05, 4.69) is 31.7 Å². The van der Waals surface area contributed by atoms with Gasteiger partial charge in [0.25, 0.3) is 0 Å². The Balaban J connectivity index is 0.000000244. The third-order valence-electron chi connectivity index (χ3n) is 1.70. The van der Waals surface area contributed by atoms with Crippen molar-refractivity contribution in [2.24, 2.45) is 0 Å². The van der Waals surface area contributed by atoms with Gasteiger partial charge in [0.1, 0.15) is 0 Å². The van der Waals surface area contributed by atoms with Gasteiger partial charge in [0.15, 0.2) is 0 Å². The van der Waals surface area contributed by atoms with Gasteiger partial charge in [-0.05, 0) is 19.1 Å². The van der Waals surface area contributed by atoms with Crippen molar-refractivity contribution in [1.82, 2.24) is 0 Å². The molecule has 0 aromatic heterocycles. The zero-order valence-electron chi connectivity index (χ0n) is 10.2. The number of hydrogen-bond acceptors (Lipinski definition) is 1. The molecular formula is C15H20S. The number of aryl methyl sites for hydroxylation is 1. The van der Waals surface area contributed by atoms with Gasteiger partial charge in [-0.1, -0.05) is 67.9 Å². The van der Waals surface area contributed by atoms with Crippen molar-refractivity contribution in [2.75, 3.05) is 0 Å². The molecule has 0 spiro atoms. The molecule has 0 radical (unpaired) electrons. The van der Waals surface area contributed by atoms with E-state index in [-0.39, 0.29) is 0 Å². The topological polar surface area (TPSA) is 0 Å². The molecule has 0 aliphatic heterocycles. The Hall–Kier alpha value is -1.21. The van der Waals surface area contributed by atoms with Gasteiger partial charge < -0.3 is 0 Å². The molecule has 2 aromatic rings. The maximum Gasteiger partial charge on any atom is 0.00399 e. The van der Waals surface area contributed by atoms with Crippen LogP contribution in [0.1, 0.15) is 19.4 Å². The van der Waals surface area contributed by atoms with Crippen LogP contribution in [-0.2, 0) is 0 Å². The predicted molar refractivity (Wildman–Crippen MR) is 76.2 cm³/mol. The van der Waals surface area contributed by atoms with Crippen LogP contribution in [-0.4, -0.2) is 0 Å². The quantitative estimate of drug-likeness (QED) is 0.607. The molecule has 16 heavy (non-hydrogen) atoms. The first kappa shape index (κ1) is 14.8. The van der Waals surface area contributed by atoms with Gasteiger partial charge in [0.05, 0.1) is 0 Å². The second-order valence-electron chi connectivity index (χ2n) is 2.99. The minimum absolute atomic E-state index is 1.02. The van der Waals surface area contributed by atoms with E-state index in [1.165, 1.54) is 5.56 Å². The molecule has 0 atom stereocenters. The molecule has 86 valence electrons. The summed E-state index contributed by atoms with van der Waals surface area (Å²) in [5.41, 5.74) is 1.32. The molecule has 0 aliphatic rings. The van der Waals surface area contributed by atoms with E-state index in [9.17, 15) is 0 Å². The second-order valence-corrected chi connectivity index (χ2v) is 3.51. The van der Waals surface area contributed by atoms with E-state index in [1.54, 1.807) is 0 Å². The Bertz CT molecular complexity index is 303. The van der Waals surface area contributed by atoms with Crippen LogP contribution in [0.3, 0.4) is 0 Å². The van der Waals surface area contributed by atoms with Gasteiger partial charge in [-0.25, -0.2) is 0 Å². The Morgan fingerprint density at radius 3 is 1.25 bits per heavy atom. The van der Waals surface area contributed by atoms with E-state index >= 15 is 0 Å². The highest BCUT2D eigenvalue weighted by Crippen LogP contribution is 2.00. The van der Waals surface area contributed by atoms with E-state index < -0.39 is 0 Å². The number of hydrogen-bond donors (Lipinski definition) is 1. The predicted octanol–water partition coefficient (Wildman–Crippen LogP) is 5.00. The maximum absolute atomic E-state index is 4.08. The van der Waals surface area contributed by atoms with Crippen LogP contribution >= 0.6 is 12.6 Å². The van der Waals surface area contributed by atoms with Crippen molar-refractivity contribution in [3.63, 3.8) is 0 Å². The summed E-state index contributed by atoms with van der Waals surface area (Å²) in [6.45, 7) is 6.08. The Kier molecular flexibility index (Phi) is 9.53. The largest absolute Gasteiger partial charge is 0.143 e. The summed E-state index contributed by atoms with van der Waals surface area (Å²) >= 11 is 4.08. The van der Waals surface area contributed by atoms with E-state index in [4.69, 9.17) is 0 Å². The van der Waals surface area contributed by atoms with Crippen LogP contribution in [0.15, 0.2) is 65.6 Å². The number of thiol groups is 1. The molecular weight excluding hydrogens is 212 g/mol. The van der Waals surface area contributed by atoms with Gasteiger partial charge in [-0.3, -0.25) is 0 Å². The van der Waals surface area contributed by atoms with E-state index in [0.29, 0.717) is 0 Å². The zero-order chi connectivity index (χ0) is 12.2. The highest BCUT2D eigenvalue weighted by Gasteiger charge is 1.73. The summed E-state index contributed by atoms with van der Waals surface area (Å²) in [5.74, 6) is 0. The zero-order valence-corrected chi connectivity index (χ0v) is 11.1. The van der Waals surface area contributed by atoms with Gasteiger partial charge in [-0.2, -0.15) is 0 Å². The van der Waals surface area contributed by atoms with Crippen molar-refractivity contribution < 1.29 is 0 Å². The lowest BCUT2D eigenvalue weighted by molar-refractivity contribution is 1.48. The minimum atomic E-state index is 1.02. The van der Waals surface area contributed by atoms with Crippen molar-refractivity contribution in [3.05, 3.63) is 66.2 Å². The average Bonchev–Trinajstić information content (AvgIpc) is 2.34. The van der Waals surface area contributed by atoms with Crippen molar-refractivity contribution in [3.8, 4) is 0 Å². The summed E-state index contributed by atoms with van der Waals surface area (Å²) in [4.78, 5) is 1.02. The van der Waals surface area contributed by atoms with E-state index in [0.717, 1.165) is 4.90 Å². The van der Waals surface area contributed by atoms with Gasteiger partial charge in [-0.15, -0.1) is 12.6 Å². The highest BCUT2D eigenvalue weighted by atomic mass is 32.1. The molecule has 2 aromatic carbocycles. The van der Waals surface area contributed by atoms with Crippen molar-refractivity contribution in [1.29, 1.82) is 0 Å². The molecule has 1 heteroatoms. The molecule has 0 N–H and O–H groups in total. The standard InChI is InChI=1S/C7H8.C6H6S.C2H6/c1-7-5-3-2-4-6-7;7-6-4-2-1-3-5-6;1-2/h2-6H,1H3;1-5,7H;1-2H3. The molecule has 0 nitrogen and oxygen atoms in total. The highest BCUT2D eigenvalue weighted by molar-refractivity contribution is 7.80. The van der Waals surface area contributed by atoms with E-state index in [1.807, 2.05) is 62.4 Å². The average molecular weight is 232 g/mol. The van der Waals surface area contributed by atoms with Crippen LogP contribution in [0.5, 0.6) is 0 Å². The van der Waals surface area contributed by atoms with Crippen molar-refractivity contribution >= 4 is 12.6 Å². The van der Waals surface area contributed by atoms with Crippen LogP contribution in [0, 0.1) is 6.92 Å². The summed E-state index contributed by atoms with van der Waals surface area (Å²) < 4.78 is 0. The fraction of sp³-hybridized carbons (Fsp3) is 0.200. The van der Waals surface area contributed by atoms with Gasteiger partial charge in [0, 0.05) is 4.90 Å². The first-order valence-electron chi connectivity index (χ1n) is 5.54. The lowest BCUT2D eigenvalue weighted by Crippen LogP contribution is -1.62. The third kappa shape index (κ3) is 8.13. The summed E-state index contributed by atoms with van der Waals surface area (Å²) in [6.07, 6.45) is 0. The maximum atomic E-state index is 4.08. The molecule has 0 saturated heterocycles. The molecule has 2 rings (SSSR count). The molecule has 0 amide bonds. The molecule has 0 fully saturated rings. The molecule has 0 unspecified atom stereocenters. The number of rotatable bonds is 0. The van der Waals surface area contributed by atoms with Crippen LogP contribution in [0.2, 0.25) is 0 Å². The molecule has 0 bridgehead atoms. The monoisotopic (exact) mass is 232 g/mol. The third-order valence-corrected chi connectivity index (χ3v) is 1.99. The van der Waals surface area contributed by atoms with Crippen LogP contribution in [0.25, 0.3) is 0 Å². The lowest BCUT2D eigenvalue weighted by atomic mass is 10.2. The lowest BCUT2D eigenvalue weighted by Gasteiger charge is -1.82.